The molecule has 0 saturated carbocycles. The van der Waals surface area contributed by atoms with Crippen molar-refractivity contribution in [2.45, 2.75) is 38.6 Å². The van der Waals surface area contributed by atoms with Crippen molar-refractivity contribution in [1.82, 2.24) is 19.9 Å². The van der Waals surface area contributed by atoms with E-state index in [1.165, 1.54) is 11.3 Å². The molecule has 3 rings (SSSR count). The van der Waals surface area contributed by atoms with Gasteiger partial charge < -0.3 is 15.0 Å². The maximum Gasteiger partial charge on any atom is 0.225 e. The molecule has 1 saturated heterocycles. The number of nitrogens with zero attached hydrogens (tertiary/aromatic N) is 4. The van der Waals surface area contributed by atoms with Crippen molar-refractivity contribution in [3.63, 3.8) is 0 Å². The Morgan fingerprint density at radius 2 is 2.32 bits per heavy atom. The highest BCUT2D eigenvalue weighted by molar-refractivity contribution is 7.13. The van der Waals surface area contributed by atoms with Gasteiger partial charge in [0, 0.05) is 37.0 Å². The van der Waals surface area contributed by atoms with Crippen molar-refractivity contribution in [3.8, 4) is 0 Å². The number of hydrogen-bond acceptors (Lipinski definition) is 7. The quantitative estimate of drug-likeness (QED) is 0.852. The Bertz CT molecular complexity index is 707. The van der Waals surface area contributed by atoms with Gasteiger partial charge in [-0.25, -0.2) is 15.0 Å². The second-order valence-electron chi connectivity index (χ2n) is 6.06. The number of piperidine rings is 1. The van der Waals surface area contributed by atoms with Gasteiger partial charge in [0.05, 0.1) is 19.1 Å². The standard InChI is InChI=1S/C17H23N5O2S/c1-12-11-14(21-17-18-7-10-25-17)20-16(19-12)13-5-3-4-8-22(13)15(23)6-9-24-2/h7,10-11,13H,3-6,8-9H2,1-2H3,(H,18,19,20,21)/t13-/m1/s1. The molecule has 134 valence electrons. The Balaban J connectivity index is 1.82. The Morgan fingerprint density at radius 3 is 3.08 bits per heavy atom. The van der Waals surface area contributed by atoms with E-state index in [2.05, 4.69) is 20.3 Å². The molecule has 0 unspecified atom stereocenters. The summed E-state index contributed by atoms with van der Waals surface area (Å²) in [5.41, 5.74) is 0.874. The van der Waals surface area contributed by atoms with Crippen LogP contribution in [0.2, 0.25) is 0 Å². The Kier molecular flexibility index (Phi) is 5.93. The van der Waals surface area contributed by atoms with E-state index in [0.717, 1.165) is 36.6 Å². The van der Waals surface area contributed by atoms with E-state index in [1.807, 2.05) is 23.3 Å². The molecule has 7 nitrogen and oxygen atoms in total. The van der Waals surface area contributed by atoms with E-state index in [-0.39, 0.29) is 11.9 Å². The van der Waals surface area contributed by atoms with Crippen LogP contribution >= 0.6 is 11.3 Å². The molecule has 0 radical (unpaired) electrons. The van der Waals surface area contributed by atoms with Crippen LogP contribution in [-0.2, 0) is 9.53 Å². The Hall–Kier alpha value is -2.06. The smallest absolute Gasteiger partial charge is 0.225 e. The number of aryl methyl sites for hydroxylation is 1. The molecule has 0 aromatic carbocycles. The predicted octanol–water partition coefficient (Wildman–Crippen LogP) is 3.08. The minimum Gasteiger partial charge on any atom is -0.384 e. The van der Waals surface area contributed by atoms with Gasteiger partial charge in [0.2, 0.25) is 5.91 Å². The van der Waals surface area contributed by atoms with Gasteiger partial charge in [0.15, 0.2) is 11.0 Å². The van der Waals surface area contributed by atoms with Gasteiger partial charge >= 0.3 is 0 Å². The van der Waals surface area contributed by atoms with Gasteiger partial charge in [-0.3, -0.25) is 4.79 Å². The molecule has 25 heavy (non-hydrogen) atoms. The molecule has 2 aromatic heterocycles. The fraction of sp³-hybridized carbons (Fsp3) is 0.529. The normalized spacial score (nSPS) is 17.5. The molecule has 1 aliphatic rings. The first-order chi connectivity index (χ1) is 12.2. The van der Waals surface area contributed by atoms with Crippen molar-refractivity contribution in [3.05, 3.63) is 29.2 Å². The fourth-order valence-corrected chi connectivity index (χ4v) is 3.57. The molecular weight excluding hydrogens is 338 g/mol. The van der Waals surface area contributed by atoms with Crippen LogP contribution in [0.3, 0.4) is 0 Å². The number of rotatable bonds is 6. The fourth-order valence-electron chi connectivity index (χ4n) is 3.03. The van der Waals surface area contributed by atoms with E-state index in [9.17, 15) is 4.79 Å². The summed E-state index contributed by atoms with van der Waals surface area (Å²) in [7, 11) is 1.61. The lowest BCUT2D eigenvalue weighted by atomic mass is 10.0. The number of carbonyl (C=O) groups is 1. The topological polar surface area (TPSA) is 80.2 Å². The molecule has 0 bridgehead atoms. The van der Waals surface area contributed by atoms with Crippen LogP contribution in [0.4, 0.5) is 10.9 Å². The first-order valence-electron chi connectivity index (χ1n) is 8.48. The predicted molar refractivity (Wildman–Crippen MR) is 97.0 cm³/mol. The summed E-state index contributed by atoms with van der Waals surface area (Å²) in [6, 6.07) is 1.82. The van der Waals surface area contributed by atoms with Crippen LogP contribution in [0.5, 0.6) is 0 Å². The monoisotopic (exact) mass is 361 g/mol. The lowest BCUT2D eigenvalue weighted by Gasteiger charge is -2.35. The van der Waals surface area contributed by atoms with Gasteiger partial charge in [-0.05, 0) is 26.2 Å². The molecule has 0 aliphatic carbocycles. The molecule has 1 N–H and O–H groups in total. The van der Waals surface area contributed by atoms with Crippen LogP contribution in [0, 0.1) is 6.92 Å². The molecule has 1 aliphatic heterocycles. The second kappa shape index (κ2) is 8.35. The van der Waals surface area contributed by atoms with Crippen LogP contribution in [0.1, 0.15) is 43.2 Å². The zero-order chi connectivity index (χ0) is 17.6. The molecule has 0 spiro atoms. The number of aromatic nitrogens is 3. The van der Waals surface area contributed by atoms with Crippen LogP contribution in [0.15, 0.2) is 17.6 Å². The summed E-state index contributed by atoms with van der Waals surface area (Å²) in [6.45, 7) is 3.13. The highest BCUT2D eigenvalue weighted by Gasteiger charge is 2.30. The second-order valence-corrected chi connectivity index (χ2v) is 6.95. The number of amides is 1. The number of likely N-dealkylation sites (tertiary alicyclic amines) is 1. The number of thiazole rings is 1. The van der Waals surface area contributed by atoms with E-state index < -0.39 is 0 Å². The van der Waals surface area contributed by atoms with E-state index in [1.54, 1.807) is 13.3 Å². The first kappa shape index (κ1) is 17.8. The van der Waals surface area contributed by atoms with Gasteiger partial charge in [-0.2, -0.15) is 0 Å². The number of carbonyl (C=O) groups excluding carboxylic acids is 1. The maximum absolute atomic E-state index is 12.5. The molecule has 1 fully saturated rings. The Morgan fingerprint density at radius 1 is 1.44 bits per heavy atom. The minimum absolute atomic E-state index is 0.0742. The number of ether oxygens (including phenoxy) is 1. The lowest BCUT2D eigenvalue weighted by molar-refractivity contribution is -0.136. The van der Waals surface area contributed by atoms with Gasteiger partial charge in [-0.1, -0.05) is 0 Å². The van der Waals surface area contributed by atoms with Gasteiger partial charge in [-0.15, -0.1) is 11.3 Å². The summed E-state index contributed by atoms with van der Waals surface area (Å²) in [4.78, 5) is 27.9. The number of hydrogen-bond donors (Lipinski definition) is 1. The van der Waals surface area contributed by atoms with Crippen molar-refractivity contribution >= 4 is 28.2 Å². The van der Waals surface area contributed by atoms with Gasteiger partial charge in [0.1, 0.15) is 5.82 Å². The third kappa shape index (κ3) is 4.52. The minimum atomic E-state index is -0.0742. The maximum atomic E-state index is 12.5. The SMILES string of the molecule is COCCC(=O)N1CCCC[C@@H]1c1nc(C)cc(Nc2nccs2)n1. The molecular formula is C17H23N5O2S. The van der Waals surface area contributed by atoms with E-state index in [4.69, 9.17) is 4.74 Å². The van der Waals surface area contributed by atoms with Crippen LogP contribution in [0.25, 0.3) is 0 Å². The zero-order valence-corrected chi connectivity index (χ0v) is 15.4. The summed E-state index contributed by atoms with van der Waals surface area (Å²) in [5, 5.41) is 5.92. The third-order valence-corrected chi connectivity index (χ3v) is 4.87. The highest BCUT2D eigenvalue weighted by atomic mass is 32.1. The molecule has 3 heterocycles. The van der Waals surface area contributed by atoms with Crippen LogP contribution in [-0.4, -0.2) is 46.0 Å². The number of anilines is 2. The highest BCUT2D eigenvalue weighted by Crippen LogP contribution is 2.30. The number of methoxy groups -OCH3 is 1. The molecule has 2 aromatic rings. The van der Waals surface area contributed by atoms with E-state index >= 15 is 0 Å². The van der Waals surface area contributed by atoms with Crippen molar-refractivity contribution in [1.29, 1.82) is 0 Å². The zero-order valence-electron chi connectivity index (χ0n) is 14.6. The summed E-state index contributed by atoms with van der Waals surface area (Å²) in [6.07, 6.45) is 5.12. The average molecular weight is 361 g/mol. The molecule has 8 heteroatoms. The van der Waals surface area contributed by atoms with E-state index in [0.29, 0.717) is 24.7 Å². The largest absolute Gasteiger partial charge is 0.384 e. The van der Waals surface area contributed by atoms with Crippen molar-refractivity contribution in [2.24, 2.45) is 0 Å². The van der Waals surface area contributed by atoms with Crippen LogP contribution < -0.4 is 5.32 Å². The summed E-state index contributed by atoms with van der Waals surface area (Å²) in [5.74, 6) is 1.52. The molecule has 1 atom stereocenters. The summed E-state index contributed by atoms with van der Waals surface area (Å²) < 4.78 is 5.05. The third-order valence-electron chi connectivity index (χ3n) is 4.18. The molecule has 1 amide bonds. The summed E-state index contributed by atoms with van der Waals surface area (Å²) >= 11 is 1.52. The van der Waals surface area contributed by atoms with Crippen molar-refractivity contribution in [2.75, 3.05) is 25.6 Å². The first-order valence-corrected chi connectivity index (χ1v) is 9.36. The van der Waals surface area contributed by atoms with Gasteiger partial charge in [0.25, 0.3) is 0 Å². The lowest BCUT2D eigenvalue weighted by Crippen LogP contribution is -2.39. The van der Waals surface area contributed by atoms with Crippen molar-refractivity contribution < 1.29 is 9.53 Å². The average Bonchev–Trinajstić information content (AvgIpc) is 3.12. The number of nitrogens with one attached hydrogen (secondary N) is 1. The Labute approximate surface area is 151 Å².